The van der Waals surface area contributed by atoms with Gasteiger partial charge in [0.2, 0.25) is 15.9 Å². The lowest BCUT2D eigenvalue weighted by molar-refractivity contribution is -0.129. The summed E-state index contributed by atoms with van der Waals surface area (Å²) in [4.78, 5) is 30.6. The van der Waals surface area contributed by atoms with Crippen molar-refractivity contribution in [1.82, 2.24) is 14.2 Å². The number of carbonyl (C=O) groups excluding carboxylic acids is 2. The molecule has 0 saturated carbocycles. The molecule has 33 heavy (non-hydrogen) atoms. The van der Waals surface area contributed by atoms with E-state index >= 15 is 0 Å². The molecule has 2 heterocycles. The van der Waals surface area contributed by atoms with Crippen LogP contribution in [-0.2, 0) is 14.8 Å². The Labute approximate surface area is 197 Å². The van der Waals surface area contributed by atoms with Gasteiger partial charge in [0.05, 0.1) is 21.2 Å². The van der Waals surface area contributed by atoms with Crippen LogP contribution in [0.15, 0.2) is 64.5 Å². The zero-order valence-electron chi connectivity index (χ0n) is 18.5. The van der Waals surface area contributed by atoms with Crippen LogP contribution in [0.2, 0.25) is 0 Å². The van der Waals surface area contributed by atoms with Gasteiger partial charge in [-0.1, -0.05) is 42.1 Å². The molecule has 9 heteroatoms. The summed E-state index contributed by atoms with van der Waals surface area (Å²) in [5, 5.41) is 1.90. The number of ketones is 1. The molecule has 3 aromatic rings. The third-order valence-electron chi connectivity index (χ3n) is 5.73. The minimum atomic E-state index is -3.67. The molecule has 0 spiro atoms. The van der Waals surface area contributed by atoms with Gasteiger partial charge >= 0.3 is 0 Å². The molecular weight excluding hydrogens is 458 g/mol. The summed E-state index contributed by atoms with van der Waals surface area (Å²) in [6, 6.07) is 15.9. The first-order chi connectivity index (χ1) is 15.8. The van der Waals surface area contributed by atoms with E-state index in [2.05, 4.69) is 4.98 Å². The molecule has 0 atom stereocenters. The maximum atomic E-state index is 12.9. The molecule has 1 aromatic heterocycles. The summed E-state index contributed by atoms with van der Waals surface area (Å²) in [6.45, 7) is 4.63. The number of para-hydroxylation sites is 1. The van der Waals surface area contributed by atoms with Crippen LogP contribution in [0.5, 0.6) is 0 Å². The topological polar surface area (TPSA) is 87.7 Å². The van der Waals surface area contributed by atoms with E-state index in [1.54, 1.807) is 4.90 Å². The Morgan fingerprint density at radius 3 is 2.33 bits per heavy atom. The number of benzene rings is 2. The van der Waals surface area contributed by atoms with E-state index in [-0.39, 0.29) is 35.4 Å². The van der Waals surface area contributed by atoms with Crippen LogP contribution < -0.4 is 0 Å². The summed E-state index contributed by atoms with van der Waals surface area (Å²) >= 11 is 1.40. The van der Waals surface area contributed by atoms with E-state index in [1.807, 2.05) is 37.3 Å². The fraction of sp³-hybridized carbons (Fsp3) is 0.292. The van der Waals surface area contributed by atoms with Crippen molar-refractivity contribution in [2.75, 3.05) is 31.9 Å². The average molecular weight is 484 g/mol. The zero-order valence-corrected chi connectivity index (χ0v) is 20.2. The molecule has 0 unspecified atom stereocenters. The number of pyridine rings is 1. The van der Waals surface area contributed by atoms with Gasteiger partial charge in [-0.15, -0.1) is 0 Å². The number of carbonyl (C=O) groups is 2. The van der Waals surface area contributed by atoms with Crippen molar-refractivity contribution in [3.63, 3.8) is 0 Å². The molecule has 4 rings (SSSR count). The number of Topliss-reactive ketones (excluding diaryl/α,β-unsaturated/α-hetero) is 1. The Balaban J connectivity index is 1.34. The lowest BCUT2D eigenvalue weighted by Gasteiger charge is -2.34. The molecule has 172 valence electrons. The van der Waals surface area contributed by atoms with Gasteiger partial charge in [-0.2, -0.15) is 4.31 Å². The maximum Gasteiger partial charge on any atom is 0.243 e. The molecule has 0 aliphatic carbocycles. The van der Waals surface area contributed by atoms with Crippen molar-refractivity contribution in [2.24, 2.45) is 0 Å². The van der Waals surface area contributed by atoms with Gasteiger partial charge in [-0.05, 0) is 43.7 Å². The number of sulfonamides is 1. The van der Waals surface area contributed by atoms with Crippen LogP contribution in [0.4, 0.5) is 0 Å². The Hall–Kier alpha value is -2.75. The Morgan fingerprint density at radius 1 is 1.00 bits per heavy atom. The number of nitrogens with zero attached hydrogens (tertiary/aromatic N) is 3. The summed E-state index contributed by atoms with van der Waals surface area (Å²) in [7, 11) is -3.67. The van der Waals surface area contributed by atoms with Gasteiger partial charge in [0.15, 0.2) is 5.78 Å². The first-order valence-corrected chi connectivity index (χ1v) is 13.1. The summed E-state index contributed by atoms with van der Waals surface area (Å²) in [5.74, 6) is 0.109. The molecule has 0 bridgehead atoms. The second kappa shape index (κ2) is 9.62. The van der Waals surface area contributed by atoms with Gasteiger partial charge in [0.25, 0.3) is 0 Å². The predicted octanol–water partition coefficient (Wildman–Crippen LogP) is 3.37. The number of piperazine rings is 1. The van der Waals surface area contributed by atoms with Gasteiger partial charge in [0, 0.05) is 37.1 Å². The minimum absolute atomic E-state index is 0.0320. The fourth-order valence-electron chi connectivity index (χ4n) is 3.81. The van der Waals surface area contributed by atoms with E-state index < -0.39 is 10.0 Å². The quantitative estimate of drug-likeness (QED) is 0.395. The number of amides is 1. The number of aryl methyl sites for hydroxylation is 1. The van der Waals surface area contributed by atoms with Crippen molar-refractivity contribution >= 4 is 44.4 Å². The van der Waals surface area contributed by atoms with Crippen molar-refractivity contribution in [3.8, 4) is 0 Å². The first-order valence-electron chi connectivity index (χ1n) is 10.6. The van der Waals surface area contributed by atoms with E-state index in [0.29, 0.717) is 18.7 Å². The summed E-state index contributed by atoms with van der Waals surface area (Å²) in [6.07, 6.45) is 0. The largest absolute Gasteiger partial charge is 0.339 e. The van der Waals surface area contributed by atoms with Crippen LogP contribution in [0.25, 0.3) is 10.9 Å². The first kappa shape index (κ1) is 23.4. The number of hydrogen-bond acceptors (Lipinski definition) is 6. The number of fused-ring (bicyclic) bond motifs is 1. The monoisotopic (exact) mass is 483 g/mol. The number of aromatic nitrogens is 1. The Morgan fingerprint density at radius 2 is 1.67 bits per heavy atom. The zero-order chi connectivity index (χ0) is 23.6. The van der Waals surface area contributed by atoms with Crippen molar-refractivity contribution in [1.29, 1.82) is 0 Å². The number of rotatable bonds is 6. The molecule has 7 nitrogen and oxygen atoms in total. The van der Waals surface area contributed by atoms with E-state index in [9.17, 15) is 18.0 Å². The van der Waals surface area contributed by atoms with Crippen LogP contribution in [0, 0.1) is 6.92 Å². The molecule has 0 radical (unpaired) electrons. The smallest absolute Gasteiger partial charge is 0.243 e. The predicted molar refractivity (Wildman–Crippen MR) is 129 cm³/mol. The Bertz CT molecular complexity index is 1300. The van der Waals surface area contributed by atoms with E-state index in [0.717, 1.165) is 21.5 Å². The highest BCUT2D eigenvalue weighted by Crippen LogP contribution is 2.24. The van der Waals surface area contributed by atoms with Crippen LogP contribution in [0.3, 0.4) is 0 Å². The Kier molecular flexibility index (Phi) is 6.83. The molecular formula is C24H25N3O4S2. The molecule has 1 aliphatic heterocycles. The second-order valence-corrected chi connectivity index (χ2v) is 10.9. The maximum absolute atomic E-state index is 12.9. The van der Waals surface area contributed by atoms with E-state index in [1.165, 1.54) is 47.3 Å². The van der Waals surface area contributed by atoms with E-state index in [4.69, 9.17) is 0 Å². The minimum Gasteiger partial charge on any atom is -0.339 e. The lowest BCUT2D eigenvalue weighted by atomic mass is 10.1. The van der Waals surface area contributed by atoms with Gasteiger partial charge < -0.3 is 4.90 Å². The third-order valence-corrected chi connectivity index (χ3v) is 8.54. The average Bonchev–Trinajstić information content (AvgIpc) is 2.82. The molecule has 1 aliphatic rings. The molecule has 1 saturated heterocycles. The standard InChI is InChI=1S/C24H25N3O4S2/c1-17-15-23(25-22-6-4-3-5-21(17)22)32-16-24(29)26-11-13-27(14-12-26)33(30,31)20-9-7-19(8-10-20)18(2)28/h3-10,15H,11-14,16H2,1-2H3. The highest BCUT2D eigenvalue weighted by atomic mass is 32.2. The number of hydrogen-bond donors (Lipinski definition) is 0. The second-order valence-electron chi connectivity index (χ2n) is 7.95. The van der Waals surface area contributed by atoms with Crippen molar-refractivity contribution in [2.45, 2.75) is 23.8 Å². The van der Waals surface area contributed by atoms with Crippen LogP contribution >= 0.6 is 11.8 Å². The molecule has 1 fully saturated rings. The highest BCUT2D eigenvalue weighted by Gasteiger charge is 2.30. The third kappa shape index (κ3) is 5.10. The highest BCUT2D eigenvalue weighted by molar-refractivity contribution is 7.99. The summed E-state index contributed by atoms with van der Waals surface area (Å²) < 4.78 is 27.2. The van der Waals surface area contributed by atoms with Gasteiger partial charge in [0.1, 0.15) is 0 Å². The van der Waals surface area contributed by atoms with Crippen LogP contribution in [-0.4, -0.2) is 66.2 Å². The van der Waals surface area contributed by atoms with Gasteiger partial charge in [-0.25, -0.2) is 13.4 Å². The number of thioether (sulfide) groups is 1. The van der Waals surface area contributed by atoms with Crippen LogP contribution in [0.1, 0.15) is 22.8 Å². The molecule has 1 amide bonds. The van der Waals surface area contributed by atoms with Crippen molar-refractivity contribution in [3.05, 3.63) is 65.7 Å². The molecule has 0 N–H and O–H groups in total. The lowest BCUT2D eigenvalue weighted by Crippen LogP contribution is -2.50. The normalized spacial score (nSPS) is 15.0. The van der Waals surface area contributed by atoms with Crippen molar-refractivity contribution < 1.29 is 18.0 Å². The van der Waals surface area contributed by atoms with Gasteiger partial charge in [-0.3, -0.25) is 9.59 Å². The molecule has 2 aromatic carbocycles. The SMILES string of the molecule is CC(=O)c1ccc(S(=O)(=O)N2CCN(C(=O)CSc3cc(C)c4ccccc4n3)CC2)cc1. The fourth-order valence-corrected chi connectivity index (χ4v) is 6.11. The summed E-state index contributed by atoms with van der Waals surface area (Å²) in [5.41, 5.74) is 2.49.